The summed E-state index contributed by atoms with van der Waals surface area (Å²) < 4.78 is 4.72. The Morgan fingerprint density at radius 3 is 3.00 bits per heavy atom. The number of carbonyl (C=O) groups excluding carboxylic acids is 1. The van der Waals surface area contributed by atoms with Crippen molar-refractivity contribution in [3.63, 3.8) is 0 Å². The lowest BCUT2D eigenvalue weighted by Gasteiger charge is -2.03. The van der Waals surface area contributed by atoms with Crippen LogP contribution in [-0.2, 0) is 4.74 Å². The molecule has 4 nitrogen and oxygen atoms in total. The molecule has 0 rings (SSSR count). The predicted octanol–water partition coefficient (Wildman–Crippen LogP) is 0.118. The molecule has 0 bridgehead atoms. The summed E-state index contributed by atoms with van der Waals surface area (Å²) >= 11 is 0. The van der Waals surface area contributed by atoms with Crippen molar-refractivity contribution in [1.29, 1.82) is 0 Å². The summed E-state index contributed by atoms with van der Waals surface area (Å²) in [6, 6.07) is 0. The molecule has 2 N–H and O–H groups in total. The summed E-state index contributed by atoms with van der Waals surface area (Å²) in [4.78, 5) is 10.7. The van der Waals surface area contributed by atoms with Crippen LogP contribution in [0.15, 0.2) is 12.7 Å². The van der Waals surface area contributed by atoms with E-state index in [1.54, 1.807) is 13.1 Å². The van der Waals surface area contributed by atoms with E-state index >= 15 is 0 Å². The van der Waals surface area contributed by atoms with E-state index in [9.17, 15) is 4.79 Å². The number of hydrogen-bond acceptors (Lipinski definition) is 3. The lowest BCUT2D eigenvalue weighted by molar-refractivity contribution is 0.148. The third-order valence-corrected chi connectivity index (χ3v) is 0.976. The number of hydrogen-bond donors (Lipinski definition) is 2. The second kappa shape index (κ2) is 7.08. The van der Waals surface area contributed by atoms with E-state index in [4.69, 9.17) is 4.74 Å². The molecule has 0 aliphatic rings. The molecule has 0 aliphatic heterocycles. The molecule has 0 aromatic rings. The number of ether oxygens (including phenoxy) is 1. The third-order valence-electron chi connectivity index (χ3n) is 0.976. The SMILES string of the molecule is C=CCNC(=O)OCCNC. The van der Waals surface area contributed by atoms with Crippen LogP contribution in [0, 0.1) is 0 Å². The Morgan fingerprint density at radius 2 is 2.45 bits per heavy atom. The second-order valence-electron chi connectivity index (χ2n) is 1.91. The minimum Gasteiger partial charge on any atom is -0.448 e. The largest absolute Gasteiger partial charge is 0.448 e. The summed E-state index contributed by atoms with van der Waals surface area (Å²) in [6.45, 7) is 4.95. The Balaban J connectivity index is 3.15. The maximum Gasteiger partial charge on any atom is 0.407 e. The van der Waals surface area contributed by atoms with Crippen molar-refractivity contribution in [1.82, 2.24) is 10.6 Å². The fourth-order valence-electron chi connectivity index (χ4n) is 0.452. The van der Waals surface area contributed by atoms with Crippen molar-refractivity contribution in [3.05, 3.63) is 12.7 Å². The van der Waals surface area contributed by atoms with E-state index in [0.29, 0.717) is 19.7 Å². The normalized spacial score (nSPS) is 8.82. The van der Waals surface area contributed by atoms with Gasteiger partial charge in [0.1, 0.15) is 6.61 Å². The van der Waals surface area contributed by atoms with Crippen molar-refractivity contribution < 1.29 is 9.53 Å². The Bertz CT molecular complexity index is 126. The highest BCUT2D eigenvalue weighted by molar-refractivity contribution is 5.67. The predicted molar refractivity (Wildman–Crippen MR) is 43.5 cm³/mol. The van der Waals surface area contributed by atoms with Crippen LogP contribution in [-0.4, -0.2) is 32.8 Å². The van der Waals surface area contributed by atoms with Gasteiger partial charge in [-0.2, -0.15) is 0 Å². The van der Waals surface area contributed by atoms with Crippen molar-refractivity contribution >= 4 is 6.09 Å². The highest BCUT2D eigenvalue weighted by Gasteiger charge is 1.96. The number of nitrogens with one attached hydrogen (secondary N) is 2. The number of alkyl carbamates (subject to hydrolysis) is 1. The van der Waals surface area contributed by atoms with E-state index in [0.717, 1.165) is 0 Å². The highest BCUT2D eigenvalue weighted by Crippen LogP contribution is 1.75. The lowest BCUT2D eigenvalue weighted by Crippen LogP contribution is -2.27. The minimum absolute atomic E-state index is 0.388. The van der Waals surface area contributed by atoms with Gasteiger partial charge in [-0.05, 0) is 7.05 Å². The van der Waals surface area contributed by atoms with Gasteiger partial charge in [-0.1, -0.05) is 6.08 Å². The molecule has 0 fully saturated rings. The first-order chi connectivity index (χ1) is 5.31. The van der Waals surface area contributed by atoms with Gasteiger partial charge >= 0.3 is 6.09 Å². The molecule has 64 valence electrons. The molecule has 0 radical (unpaired) electrons. The first kappa shape index (κ1) is 9.97. The van der Waals surface area contributed by atoms with Crippen molar-refractivity contribution in [2.75, 3.05) is 26.7 Å². The molecule has 11 heavy (non-hydrogen) atoms. The maximum atomic E-state index is 10.7. The molecule has 0 unspecified atom stereocenters. The molecular weight excluding hydrogens is 144 g/mol. The zero-order valence-electron chi connectivity index (χ0n) is 6.72. The molecule has 0 saturated carbocycles. The molecule has 1 amide bonds. The Labute approximate surface area is 66.6 Å². The summed E-state index contributed by atoms with van der Waals surface area (Å²) in [5, 5.41) is 5.34. The maximum absolute atomic E-state index is 10.7. The molecule has 0 atom stereocenters. The first-order valence-corrected chi connectivity index (χ1v) is 3.47. The van der Waals surface area contributed by atoms with Crippen LogP contribution >= 0.6 is 0 Å². The summed E-state index contributed by atoms with van der Waals surface area (Å²) in [7, 11) is 1.80. The van der Waals surface area contributed by atoms with Crippen molar-refractivity contribution in [2.45, 2.75) is 0 Å². The van der Waals surface area contributed by atoms with Crippen LogP contribution < -0.4 is 10.6 Å². The number of amides is 1. The number of rotatable bonds is 5. The van der Waals surface area contributed by atoms with Crippen LogP contribution in [0.25, 0.3) is 0 Å². The van der Waals surface area contributed by atoms with Crippen LogP contribution in [0.2, 0.25) is 0 Å². The first-order valence-electron chi connectivity index (χ1n) is 3.47. The fraction of sp³-hybridized carbons (Fsp3) is 0.571. The van der Waals surface area contributed by atoms with E-state index in [1.807, 2.05) is 0 Å². The van der Waals surface area contributed by atoms with Crippen molar-refractivity contribution in [2.24, 2.45) is 0 Å². The van der Waals surface area contributed by atoms with Gasteiger partial charge in [0.05, 0.1) is 0 Å². The van der Waals surface area contributed by atoms with Gasteiger partial charge in [0.15, 0.2) is 0 Å². The Morgan fingerprint density at radius 1 is 1.73 bits per heavy atom. The van der Waals surface area contributed by atoms with Gasteiger partial charge in [-0.3, -0.25) is 0 Å². The molecule has 0 aliphatic carbocycles. The van der Waals surface area contributed by atoms with E-state index in [1.165, 1.54) is 0 Å². The number of carbonyl (C=O) groups is 1. The molecule has 0 spiro atoms. The zero-order valence-corrected chi connectivity index (χ0v) is 6.72. The van der Waals surface area contributed by atoms with Gasteiger partial charge in [0.2, 0.25) is 0 Å². The third kappa shape index (κ3) is 6.86. The smallest absolute Gasteiger partial charge is 0.407 e. The van der Waals surface area contributed by atoms with Gasteiger partial charge < -0.3 is 15.4 Å². The Hall–Kier alpha value is -1.03. The van der Waals surface area contributed by atoms with Crippen LogP contribution in [0.3, 0.4) is 0 Å². The van der Waals surface area contributed by atoms with Gasteiger partial charge in [0, 0.05) is 13.1 Å². The molecule has 0 saturated heterocycles. The van der Waals surface area contributed by atoms with Crippen LogP contribution in [0.1, 0.15) is 0 Å². The van der Waals surface area contributed by atoms with Crippen LogP contribution in [0.5, 0.6) is 0 Å². The molecule has 0 aromatic carbocycles. The molecule has 0 aromatic heterocycles. The van der Waals surface area contributed by atoms with Crippen LogP contribution in [0.4, 0.5) is 4.79 Å². The average Bonchev–Trinajstić information content (AvgIpc) is 2.01. The van der Waals surface area contributed by atoms with Gasteiger partial charge in [0.25, 0.3) is 0 Å². The summed E-state index contributed by atoms with van der Waals surface area (Å²) in [6.07, 6.45) is 1.19. The van der Waals surface area contributed by atoms with E-state index < -0.39 is 6.09 Å². The van der Waals surface area contributed by atoms with E-state index in [2.05, 4.69) is 17.2 Å². The standard InChI is InChI=1S/C7H14N2O2/c1-3-4-9-7(10)11-6-5-8-2/h3,8H,1,4-6H2,2H3,(H,9,10). The highest BCUT2D eigenvalue weighted by atomic mass is 16.5. The quantitative estimate of drug-likeness (QED) is 0.441. The second-order valence-corrected chi connectivity index (χ2v) is 1.91. The zero-order chi connectivity index (χ0) is 8.53. The summed E-state index contributed by atoms with van der Waals surface area (Å²) in [5.41, 5.74) is 0. The summed E-state index contributed by atoms with van der Waals surface area (Å²) in [5.74, 6) is 0. The number of likely N-dealkylation sites (N-methyl/N-ethyl adjacent to an activating group) is 1. The van der Waals surface area contributed by atoms with E-state index in [-0.39, 0.29) is 0 Å². The molecule has 0 heterocycles. The minimum atomic E-state index is -0.403. The van der Waals surface area contributed by atoms with Gasteiger partial charge in [-0.15, -0.1) is 6.58 Å². The monoisotopic (exact) mass is 158 g/mol. The molecular formula is C7H14N2O2. The Kier molecular flexibility index (Phi) is 6.42. The molecule has 4 heteroatoms. The van der Waals surface area contributed by atoms with Crippen molar-refractivity contribution in [3.8, 4) is 0 Å². The topological polar surface area (TPSA) is 50.4 Å². The average molecular weight is 158 g/mol. The van der Waals surface area contributed by atoms with Gasteiger partial charge in [-0.25, -0.2) is 4.79 Å². The lowest BCUT2D eigenvalue weighted by atomic mass is 10.6. The fourth-order valence-corrected chi connectivity index (χ4v) is 0.452.